The second kappa shape index (κ2) is 5.14. The van der Waals surface area contributed by atoms with Crippen molar-refractivity contribution in [2.24, 2.45) is 0 Å². The van der Waals surface area contributed by atoms with E-state index in [4.69, 9.17) is 14.5 Å². The third-order valence-corrected chi connectivity index (χ3v) is 4.06. The first kappa shape index (κ1) is 14.9. The number of H-pyrrole nitrogens is 1. The maximum absolute atomic E-state index is 11.8. The van der Waals surface area contributed by atoms with Crippen LogP contribution < -0.4 is 11.2 Å². The summed E-state index contributed by atoms with van der Waals surface area (Å²) in [6, 6.07) is -0.541. The number of aromatic amines is 1. The molecular weight excluding hydrogens is 287 g/mol. The Kier molecular flexibility index (Phi) is 3.84. The second-order valence-electron chi connectivity index (χ2n) is 4.68. The molecule has 2 rings (SSSR count). The highest BCUT2D eigenvalue weighted by Crippen LogP contribution is 2.45. The molecule has 9 heteroatoms. The van der Waals surface area contributed by atoms with E-state index in [-0.39, 0.29) is 0 Å². The number of ether oxygens (including phenoxy) is 1. The number of nitrogens with one attached hydrogen (secondary N) is 1. The number of hydrogen-bond acceptors (Lipinski definition) is 4. The lowest BCUT2D eigenvalue weighted by Crippen LogP contribution is -2.39. The SMILES string of the molecule is Cc1cn([C@H]2C=C[C@@H](P(=O)(O)O)O[C@H]2C)c(=O)[nH]c1=O. The van der Waals surface area contributed by atoms with Gasteiger partial charge in [0.25, 0.3) is 5.56 Å². The fourth-order valence-corrected chi connectivity index (χ4v) is 2.70. The zero-order valence-corrected chi connectivity index (χ0v) is 11.8. The van der Waals surface area contributed by atoms with Gasteiger partial charge in [0.15, 0.2) is 5.85 Å². The minimum Gasteiger partial charge on any atom is -0.356 e. The monoisotopic (exact) mass is 302 g/mol. The molecule has 0 bridgehead atoms. The van der Waals surface area contributed by atoms with Gasteiger partial charge in [0.05, 0.1) is 12.1 Å². The molecule has 0 spiro atoms. The molecule has 0 aromatic carbocycles. The van der Waals surface area contributed by atoms with Crippen LogP contribution in [-0.4, -0.2) is 31.3 Å². The highest BCUT2D eigenvalue weighted by atomic mass is 31.2. The fourth-order valence-electron chi connectivity index (χ4n) is 2.03. The van der Waals surface area contributed by atoms with Crippen molar-refractivity contribution in [1.82, 2.24) is 9.55 Å². The normalized spacial score (nSPS) is 26.7. The summed E-state index contributed by atoms with van der Waals surface area (Å²) in [6.45, 7) is 3.16. The molecule has 20 heavy (non-hydrogen) atoms. The third kappa shape index (κ3) is 2.83. The number of aromatic nitrogens is 2. The van der Waals surface area contributed by atoms with Gasteiger partial charge in [-0.1, -0.05) is 6.08 Å². The van der Waals surface area contributed by atoms with Crippen LogP contribution in [0.2, 0.25) is 0 Å². The molecule has 0 saturated heterocycles. The van der Waals surface area contributed by atoms with Gasteiger partial charge in [-0.3, -0.25) is 18.9 Å². The van der Waals surface area contributed by atoms with E-state index in [1.165, 1.54) is 22.9 Å². The van der Waals surface area contributed by atoms with Crippen molar-refractivity contribution in [3.63, 3.8) is 0 Å². The van der Waals surface area contributed by atoms with E-state index in [0.717, 1.165) is 0 Å². The van der Waals surface area contributed by atoms with Gasteiger partial charge in [-0.05, 0) is 19.9 Å². The van der Waals surface area contributed by atoms with Crippen LogP contribution in [0.15, 0.2) is 27.9 Å². The van der Waals surface area contributed by atoms with Crippen molar-refractivity contribution in [1.29, 1.82) is 0 Å². The van der Waals surface area contributed by atoms with E-state index in [9.17, 15) is 14.2 Å². The number of aryl methyl sites for hydroxylation is 1. The molecule has 1 aromatic rings. The van der Waals surface area contributed by atoms with E-state index in [1.54, 1.807) is 13.8 Å². The van der Waals surface area contributed by atoms with Crippen molar-refractivity contribution in [2.75, 3.05) is 0 Å². The Morgan fingerprint density at radius 2 is 2.00 bits per heavy atom. The number of hydrogen-bond donors (Lipinski definition) is 3. The summed E-state index contributed by atoms with van der Waals surface area (Å²) in [5.74, 6) is -1.31. The summed E-state index contributed by atoms with van der Waals surface area (Å²) in [5, 5.41) is 0. The minimum absolute atomic E-state index is 0.363. The smallest absolute Gasteiger partial charge is 0.356 e. The largest absolute Gasteiger partial charge is 0.357 e. The van der Waals surface area contributed by atoms with Crippen molar-refractivity contribution in [2.45, 2.75) is 31.8 Å². The van der Waals surface area contributed by atoms with Crippen LogP contribution >= 0.6 is 7.60 Å². The molecule has 3 atom stereocenters. The van der Waals surface area contributed by atoms with Crippen LogP contribution in [0.25, 0.3) is 0 Å². The topological polar surface area (TPSA) is 122 Å². The Balaban J connectivity index is 2.41. The lowest BCUT2D eigenvalue weighted by atomic mass is 10.1. The van der Waals surface area contributed by atoms with E-state index < -0.39 is 36.8 Å². The van der Waals surface area contributed by atoms with Crippen molar-refractivity contribution in [3.8, 4) is 0 Å². The van der Waals surface area contributed by atoms with Gasteiger partial charge >= 0.3 is 13.3 Å². The summed E-state index contributed by atoms with van der Waals surface area (Å²) >= 11 is 0. The van der Waals surface area contributed by atoms with Gasteiger partial charge in [0, 0.05) is 11.8 Å². The van der Waals surface area contributed by atoms with Crippen LogP contribution in [-0.2, 0) is 9.30 Å². The highest BCUT2D eigenvalue weighted by molar-refractivity contribution is 7.52. The zero-order chi connectivity index (χ0) is 15.1. The van der Waals surface area contributed by atoms with Gasteiger partial charge in [-0.15, -0.1) is 0 Å². The molecule has 0 saturated carbocycles. The molecule has 3 N–H and O–H groups in total. The lowest BCUT2D eigenvalue weighted by Gasteiger charge is -2.31. The first-order valence-electron chi connectivity index (χ1n) is 5.91. The van der Waals surface area contributed by atoms with Gasteiger partial charge in [-0.25, -0.2) is 4.79 Å². The van der Waals surface area contributed by atoms with Crippen LogP contribution in [0.4, 0.5) is 0 Å². The molecule has 1 aliphatic heterocycles. The van der Waals surface area contributed by atoms with Crippen LogP contribution in [0, 0.1) is 6.92 Å². The van der Waals surface area contributed by atoms with Crippen LogP contribution in [0.1, 0.15) is 18.5 Å². The van der Waals surface area contributed by atoms with Crippen LogP contribution in [0.5, 0.6) is 0 Å². The Morgan fingerprint density at radius 3 is 2.55 bits per heavy atom. The van der Waals surface area contributed by atoms with Gasteiger partial charge in [0.2, 0.25) is 0 Å². The van der Waals surface area contributed by atoms with E-state index in [1.807, 2.05) is 0 Å². The average molecular weight is 302 g/mol. The summed E-state index contributed by atoms with van der Waals surface area (Å²) in [7, 11) is -4.38. The molecule has 1 aliphatic rings. The number of rotatable bonds is 2. The van der Waals surface area contributed by atoms with Crippen molar-refractivity contribution >= 4 is 7.60 Å². The average Bonchev–Trinajstić information content (AvgIpc) is 2.33. The predicted octanol–water partition coefficient (Wildman–Crippen LogP) is -0.135. The van der Waals surface area contributed by atoms with Gasteiger partial charge in [-0.2, -0.15) is 0 Å². The molecule has 1 aromatic heterocycles. The second-order valence-corrected chi connectivity index (χ2v) is 6.36. The zero-order valence-electron chi connectivity index (χ0n) is 10.9. The Hall–Kier alpha value is -1.47. The summed E-state index contributed by atoms with van der Waals surface area (Å²) in [6.07, 6.45) is 3.50. The van der Waals surface area contributed by atoms with E-state index in [0.29, 0.717) is 5.56 Å². The minimum atomic E-state index is -4.38. The van der Waals surface area contributed by atoms with E-state index >= 15 is 0 Å². The molecule has 0 radical (unpaired) electrons. The van der Waals surface area contributed by atoms with Crippen LogP contribution in [0.3, 0.4) is 0 Å². The molecular formula is C11H15N2O6P. The molecule has 2 heterocycles. The Morgan fingerprint density at radius 1 is 1.35 bits per heavy atom. The Bertz CT molecular complexity index is 700. The lowest BCUT2D eigenvalue weighted by molar-refractivity contribution is 0.0173. The van der Waals surface area contributed by atoms with Crippen molar-refractivity contribution < 1.29 is 19.1 Å². The van der Waals surface area contributed by atoms with E-state index in [2.05, 4.69) is 4.98 Å². The molecule has 110 valence electrons. The molecule has 0 amide bonds. The third-order valence-electron chi connectivity index (χ3n) is 3.11. The quantitative estimate of drug-likeness (QED) is 0.516. The standard InChI is InChI=1S/C11H15N2O6P/c1-6-5-13(11(15)12-10(6)14)8-3-4-9(19-7(8)2)20(16,17)18/h3-5,7-9H,1-2H3,(H,12,14,15)(H2,16,17,18)/t7-,8-,9+/m0/s1. The first-order chi connectivity index (χ1) is 9.20. The fraction of sp³-hybridized carbons (Fsp3) is 0.455. The number of nitrogens with zero attached hydrogens (tertiary/aromatic N) is 1. The molecule has 0 unspecified atom stereocenters. The first-order valence-corrected chi connectivity index (χ1v) is 7.59. The van der Waals surface area contributed by atoms with Gasteiger partial charge < -0.3 is 14.5 Å². The maximum atomic E-state index is 11.8. The predicted molar refractivity (Wildman–Crippen MR) is 70.6 cm³/mol. The molecule has 0 fully saturated rings. The summed E-state index contributed by atoms with van der Waals surface area (Å²) in [5.41, 5.74) is -0.699. The Labute approximate surface area is 113 Å². The maximum Gasteiger partial charge on any atom is 0.357 e. The summed E-state index contributed by atoms with van der Waals surface area (Å²) < 4.78 is 17.7. The van der Waals surface area contributed by atoms with Crippen molar-refractivity contribution in [3.05, 3.63) is 44.8 Å². The molecule has 0 aliphatic carbocycles. The summed E-state index contributed by atoms with van der Waals surface area (Å²) in [4.78, 5) is 43.4. The van der Waals surface area contributed by atoms with Gasteiger partial charge in [0.1, 0.15) is 0 Å². The molecule has 8 nitrogen and oxygen atoms in total. The highest BCUT2D eigenvalue weighted by Gasteiger charge is 2.35.